The fourth-order valence-electron chi connectivity index (χ4n) is 4.01. The van der Waals surface area contributed by atoms with Gasteiger partial charge >= 0.3 is 0 Å². The number of likely N-dealkylation sites (tertiary alicyclic amines) is 1. The molecule has 2 saturated heterocycles. The molecule has 4 rings (SSSR count). The largest absolute Gasteiger partial charge is 0.496 e. The minimum atomic E-state index is 0.0126. The van der Waals surface area contributed by atoms with Crippen molar-refractivity contribution < 1.29 is 14.3 Å². The molecule has 26 heavy (non-hydrogen) atoms. The maximum atomic E-state index is 12.2. The van der Waals surface area contributed by atoms with Gasteiger partial charge in [-0.05, 0) is 17.5 Å². The van der Waals surface area contributed by atoms with Gasteiger partial charge in [-0.15, -0.1) is 0 Å². The van der Waals surface area contributed by atoms with Gasteiger partial charge in [-0.2, -0.15) is 11.3 Å². The second-order valence-electron chi connectivity index (χ2n) is 7.02. The fraction of sp³-hybridized carbons (Fsp3) is 0.450. The summed E-state index contributed by atoms with van der Waals surface area (Å²) in [5, 5.41) is 6.88. The van der Waals surface area contributed by atoms with Crippen molar-refractivity contribution in [1.82, 2.24) is 10.2 Å². The van der Waals surface area contributed by atoms with E-state index >= 15 is 0 Å². The highest BCUT2D eigenvalue weighted by atomic mass is 32.1. The highest BCUT2D eigenvalue weighted by Crippen LogP contribution is 2.34. The smallest absolute Gasteiger partial charge is 0.252 e. The molecular formula is C20H24N2O3S. The van der Waals surface area contributed by atoms with Crippen molar-refractivity contribution in [2.45, 2.75) is 12.6 Å². The van der Waals surface area contributed by atoms with Crippen molar-refractivity contribution in [3.63, 3.8) is 0 Å². The Kier molecular flexibility index (Phi) is 5.24. The molecule has 3 heterocycles. The van der Waals surface area contributed by atoms with Crippen LogP contribution in [0, 0.1) is 11.8 Å². The van der Waals surface area contributed by atoms with Gasteiger partial charge in [0.2, 0.25) is 0 Å². The third kappa shape index (κ3) is 3.63. The number of benzene rings is 1. The van der Waals surface area contributed by atoms with Crippen LogP contribution in [0.5, 0.6) is 5.75 Å². The van der Waals surface area contributed by atoms with Gasteiger partial charge in [0.25, 0.3) is 5.91 Å². The van der Waals surface area contributed by atoms with Crippen LogP contribution < -0.4 is 10.1 Å². The second-order valence-corrected chi connectivity index (χ2v) is 7.80. The fourth-order valence-corrected chi connectivity index (χ4v) is 4.65. The number of nitrogens with zero attached hydrogens (tertiary/aromatic N) is 1. The summed E-state index contributed by atoms with van der Waals surface area (Å²) < 4.78 is 11.5. The van der Waals surface area contributed by atoms with Crippen LogP contribution in [0.25, 0.3) is 0 Å². The summed E-state index contributed by atoms with van der Waals surface area (Å²) in [6.07, 6.45) is 0.271. The van der Waals surface area contributed by atoms with Crippen LogP contribution in [0.15, 0.2) is 41.1 Å². The van der Waals surface area contributed by atoms with E-state index in [9.17, 15) is 4.79 Å². The molecule has 1 amide bonds. The van der Waals surface area contributed by atoms with E-state index < -0.39 is 0 Å². The van der Waals surface area contributed by atoms with Crippen LogP contribution in [0.1, 0.15) is 15.9 Å². The van der Waals surface area contributed by atoms with Gasteiger partial charge in [-0.25, -0.2) is 0 Å². The lowest BCUT2D eigenvalue weighted by Crippen LogP contribution is -2.34. The van der Waals surface area contributed by atoms with E-state index in [0.29, 0.717) is 18.4 Å². The predicted octanol–water partition coefficient (Wildman–Crippen LogP) is 2.63. The van der Waals surface area contributed by atoms with Crippen molar-refractivity contribution >= 4 is 17.2 Å². The Labute approximate surface area is 157 Å². The summed E-state index contributed by atoms with van der Waals surface area (Å²) in [4.78, 5) is 14.6. The lowest BCUT2D eigenvalue weighted by Gasteiger charge is -2.20. The van der Waals surface area contributed by atoms with Crippen molar-refractivity contribution in [2.24, 2.45) is 11.8 Å². The summed E-state index contributed by atoms with van der Waals surface area (Å²) in [5.74, 6) is 1.81. The van der Waals surface area contributed by atoms with Gasteiger partial charge in [-0.3, -0.25) is 9.69 Å². The SMILES string of the molecule is COc1ccccc1CN1C[C@@H]2[C@H](CNC(=O)c3ccsc3)CO[C@@H]2C1. The Balaban J connectivity index is 1.33. The molecule has 6 heteroatoms. The van der Waals surface area contributed by atoms with Gasteiger partial charge in [0.15, 0.2) is 0 Å². The number of thiophene rings is 1. The highest BCUT2D eigenvalue weighted by molar-refractivity contribution is 7.08. The number of rotatable bonds is 6. The molecule has 0 unspecified atom stereocenters. The molecule has 2 aliphatic rings. The first-order valence-corrected chi connectivity index (χ1v) is 9.95. The average molecular weight is 372 g/mol. The van der Waals surface area contributed by atoms with Crippen LogP contribution in [0.4, 0.5) is 0 Å². The van der Waals surface area contributed by atoms with E-state index in [1.165, 1.54) is 5.56 Å². The van der Waals surface area contributed by atoms with Gasteiger partial charge in [0.1, 0.15) is 5.75 Å². The number of fused-ring (bicyclic) bond motifs is 1. The number of hydrogen-bond donors (Lipinski definition) is 1. The average Bonchev–Trinajstić information content (AvgIpc) is 3.38. The van der Waals surface area contributed by atoms with E-state index in [4.69, 9.17) is 9.47 Å². The zero-order chi connectivity index (χ0) is 17.9. The number of methoxy groups -OCH3 is 1. The Morgan fingerprint density at radius 1 is 1.35 bits per heavy atom. The number of amides is 1. The van der Waals surface area contributed by atoms with Crippen molar-refractivity contribution in [3.05, 3.63) is 52.2 Å². The zero-order valence-electron chi connectivity index (χ0n) is 14.9. The standard InChI is InChI=1S/C20H24N2O3S/c1-24-18-5-3-2-4-14(18)9-22-10-17-16(12-25-19(17)11-22)8-21-20(23)15-6-7-26-13-15/h2-7,13,16-17,19H,8-12H2,1H3,(H,21,23)/t16-,17-,19-/m1/s1. The summed E-state index contributed by atoms with van der Waals surface area (Å²) in [6, 6.07) is 10.0. The Hall–Kier alpha value is -1.89. The van der Waals surface area contributed by atoms with Crippen molar-refractivity contribution in [3.8, 4) is 5.75 Å². The van der Waals surface area contributed by atoms with E-state index in [1.807, 2.05) is 35.0 Å². The van der Waals surface area contributed by atoms with Crippen LogP contribution in [0.2, 0.25) is 0 Å². The maximum Gasteiger partial charge on any atom is 0.252 e. The van der Waals surface area contributed by atoms with Gasteiger partial charge in [0.05, 0.1) is 19.8 Å². The second kappa shape index (κ2) is 7.78. The molecule has 2 aliphatic heterocycles. The van der Waals surface area contributed by atoms with E-state index in [-0.39, 0.29) is 12.0 Å². The summed E-state index contributed by atoms with van der Waals surface area (Å²) >= 11 is 1.54. The van der Waals surface area contributed by atoms with Crippen LogP contribution in [-0.2, 0) is 11.3 Å². The molecule has 0 radical (unpaired) electrons. The van der Waals surface area contributed by atoms with Gasteiger partial charge in [-0.1, -0.05) is 18.2 Å². The van der Waals surface area contributed by atoms with Crippen molar-refractivity contribution in [1.29, 1.82) is 0 Å². The topological polar surface area (TPSA) is 50.8 Å². The molecule has 0 spiro atoms. The Bertz CT molecular complexity index is 749. The number of nitrogens with one attached hydrogen (secondary N) is 1. The third-order valence-corrected chi connectivity index (χ3v) is 6.09. The van der Waals surface area contributed by atoms with Crippen LogP contribution in [-0.4, -0.2) is 50.3 Å². The molecule has 1 aromatic heterocycles. The van der Waals surface area contributed by atoms with Crippen molar-refractivity contribution in [2.75, 3.05) is 33.4 Å². The van der Waals surface area contributed by atoms with Gasteiger partial charge < -0.3 is 14.8 Å². The number of carbonyl (C=O) groups is 1. The molecule has 0 saturated carbocycles. The monoisotopic (exact) mass is 372 g/mol. The minimum Gasteiger partial charge on any atom is -0.496 e. The first-order valence-electron chi connectivity index (χ1n) is 9.01. The highest BCUT2D eigenvalue weighted by Gasteiger charge is 2.43. The quantitative estimate of drug-likeness (QED) is 0.847. The molecule has 0 bridgehead atoms. The molecule has 2 aromatic rings. The van der Waals surface area contributed by atoms with Crippen LogP contribution in [0.3, 0.4) is 0 Å². The first-order chi connectivity index (χ1) is 12.7. The molecule has 5 nitrogen and oxygen atoms in total. The lowest BCUT2D eigenvalue weighted by molar-refractivity contribution is 0.0903. The predicted molar refractivity (Wildman–Crippen MR) is 102 cm³/mol. The number of ether oxygens (including phenoxy) is 2. The normalized spacial score (nSPS) is 25.2. The van der Waals surface area contributed by atoms with E-state index in [2.05, 4.69) is 16.3 Å². The molecule has 0 aliphatic carbocycles. The molecule has 1 N–H and O–H groups in total. The summed E-state index contributed by atoms with van der Waals surface area (Å²) in [7, 11) is 1.72. The van der Waals surface area contributed by atoms with E-state index in [0.717, 1.165) is 37.6 Å². The van der Waals surface area contributed by atoms with Crippen LogP contribution >= 0.6 is 11.3 Å². The molecule has 1 aromatic carbocycles. The summed E-state index contributed by atoms with van der Waals surface area (Å²) in [5.41, 5.74) is 1.95. The number of carbonyl (C=O) groups excluding carboxylic acids is 1. The molecular weight excluding hydrogens is 348 g/mol. The Morgan fingerprint density at radius 2 is 2.23 bits per heavy atom. The number of para-hydroxylation sites is 1. The Morgan fingerprint density at radius 3 is 3.04 bits per heavy atom. The molecule has 2 fully saturated rings. The first kappa shape index (κ1) is 17.5. The number of hydrogen-bond acceptors (Lipinski definition) is 5. The van der Waals surface area contributed by atoms with Gasteiger partial charge in [0, 0.05) is 54.5 Å². The lowest BCUT2D eigenvalue weighted by atomic mass is 9.93. The zero-order valence-corrected chi connectivity index (χ0v) is 15.7. The minimum absolute atomic E-state index is 0.0126. The summed E-state index contributed by atoms with van der Waals surface area (Å²) in [6.45, 7) is 4.23. The van der Waals surface area contributed by atoms with E-state index in [1.54, 1.807) is 18.4 Å². The third-order valence-electron chi connectivity index (χ3n) is 5.41. The maximum absolute atomic E-state index is 12.2. The molecule has 3 atom stereocenters. The molecule has 138 valence electrons.